The van der Waals surface area contributed by atoms with Gasteiger partial charge in [-0.15, -0.1) is 0 Å². The lowest BCUT2D eigenvalue weighted by Crippen LogP contribution is -2.54. The van der Waals surface area contributed by atoms with Gasteiger partial charge in [0.05, 0.1) is 47.8 Å². The van der Waals surface area contributed by atoms with Gasteiger partial charge >= 0.3 is 0 Å². The van der Waals surface area contributed by atoms with Crippen LogP contribution in [0.15, 0.2) is 36.5 Å². The summed E-state index contributed by atoms with van der Waals surface area (Å²) in [5, 5.41) is 12.3. The molecule has 0 radical (unpaired) electrons. The average molecular weight is 443 g/mol. The highest BCUT2D eigenvalue weighted by atomic mass is 19.3. The molecule has 0 aliphatic carbocycles. The van der Waals surface area contributed by atoms with Crippen molar-refractivity contribution in [2.75, 3.05) is 29.1 Å². The molecule has 0 spiro atoms. The predicted molar refractivity (Wildman–Crippen MR) is 117 cm³/mol. The van der Waals surface area contributed by atoms with Crippen molar-refractivity contribution < 1.29 is 17.9 Å². The molecule has 3 N–H and O–H groups in total. The van der Waals surface area contributed by atoms with Crippen molar-refractivity contribution in [3.8, 4) is 0 Å². The summed E-state index contributed by atoms with van der Waals surface area (Å²) in [6, 6.07) is 8.06. The minimum Gasteiger partial charge on any atom is -0.399 e. The van der Waals surface area contributed by atoms with E-state index in [1.807, 2.05) is 18.2 Å². The second kappa shape index (κ2) is 8.12. The number of rotatable bonds is 5. The van der Waals surface area contributed by atoms with E-state index in [1.54, 1.807) is 13.1 Å². The Balaban J connectivity index is 1.48. The molecule has 3 aromatic rings. The van der Waals surface area contributed by atoms with Gasteiger partial charge < -0.3 is 20.7 Å². The molecular formula is C23H24F3N5O. The van der Waals surface area contributed by atoms with Crippen LogP contribution < -0.4 is 16.0 Å². The third-order valence-electron chi connectivity index (χ3n) is 6.37. The number of nitrogens with zero attached hydrogens (tertiary/aromatic N) is 3. The zero-order valence-electron chi connectivity index (χ0n) is 17.6. The molecule has 2 aromatic carbocycles. The molecule has 3 saturated heterocycles. The lowest BCUT2D eigenvalue weighted by molar-refractivity contribution is -0.0225. The molecule has 0 amide bonds. The van der Waals surface area contributed by atoms with E-state index in [2.05, 4.69) is 20.4 Å². The van der Waals surface area contributed by atoms with Crippen LogP contribution in [0.5, 0.6) is 0 Å². The molecule has 3 aliphatic heterocycles. The second-order valence-corrected chi connectivity index (χ2v) is 8.48. The van der Waals surface area contributed by atoms with Gasteiger partial charge in [0.1, 0.15) is 5.82 Å². The summed E-state index contributed by atoms with van der Waals surface area (Å²) < 4.78 is 47.0. The monoisotopic (exact) mass is 443 g/mol. The number of nitrogen functional groups attached to an aromatic ring is 1. The summed E-state index contributed by atoms with van der Waals surface area (Å²) in [5.41, 5.74) is 7.61. The number of benzene rings is 2. The fourth-order valence-electron chi connectivity index (χ4n) is 4.68. The molecule has 3 atom stereocenters. The van der Waals surface area contributed by atoms with Crippen molar-refractivity contribution in [1.82, 2.24) is 10.2 Å². The van der Waals surface area contributed by atoms with Gasteiger partial charge in [0.15, 0.2) is 0 Å². The fraction of sp³-hybridized carbons (Fsp3) is 0.391. The quantitative estimate of drug-likeness (QED) is 0.550. The average Bonchev–Trinajstić information content (AvgIpc) is 2.80. The minimum absolute atomic E-state index is 0.0758. The van der Waals surface area contributed by atoms with Crippen LogP contribution in [-0.4, -0.2) is 35.5 Å². The highest BCUT2D eigenvalue weighted by Crippen LogP contribution is 2.35. The number of nitrogens with two attached hydrogens (primary N) is 1. The Morgan fingerprint density at radius 1 is 1.19 bits per heavy atom. The zero-order valence-corrected chi connectivity index (χ0v) is 17.6. The van der Waals surface area contributed by atoms with Gasteiger partial charge in [0.2, 0.25) is 0 Å². The Kier molecular flexibility index (Phi) is 5.28. The van der Waals surface area contributed by atoms with Gasteiger partial charge in [0, 0.05) is 28.9 Å². The zero-order chi connectivity index (χ0) is 22.4. The SMILES string of the molecule is C[C@@H](Nc1cnnc2ccc(N3CC4CCC3CO4)cc12)c1cc(N)cc(C(F)F)c1F. The number of alkyl halides is 2. The van der Waals surface area contributed by atoms with Crippen LogP contribution in [0.4, 0.5) is 30.2 Å². The molecule has 3 aliphatic rings. The summed E-state index contributed by atoms with van der Waals surface area (Å²) in [5.74, 6) is -0.953. The molecular weight excluding hydrogens is 419 g/mol. The third-order valence-corrected chi connectivity index (χ3v) is 6.37. The predicted octanol–water partition coefficient (Wildman–Crippen LogP) is 4.83. The molecule has 3 fully saturated rings. The highest BCUT2D eigenvalue weighted by Gasteiger charge is 2.34. The number of morpholine rings is 1. The van der Waals surface area contributed by atoms with Crippen LogP contribution in [-0.2, 0) is 4.74 Å². The first-order valence-electron chi connectivity index (χ1n) is 10.7. The normalized spacial score (nSPS) is 21.3. The van der Waals surface area contributed by atoms with E-state index in [1.165, 1.54) is 6.07 Å². The molecule has 9 heteroatoms. The number of ether oxygens (including phenoxy) is 1. The number of aromatic nitrogens is 2. The number of piperidine rings is 1. The molecule has 2 unspecified atom stereocenters. The molecule has 6 rings (SSSR count). The Labute approximate surface area is 183 Å². The second-order valence-electron chi connectivity index (χ2n) is 8.48. The van der Waals surface area contributed by atoms with Crippen molar-refractivity contribution in [3.63, 3.8) is 0 Å². The van der Waals surface area contributed by atoms with E-state index < -0.39 is 23.8 Å². The summed E-state index contributed by atoms with van der Waals surface area (Å²) in [6.07, 6.45) is 1.04. The standard InChI is InChI=1S/C23H24F3N5O/c1-12(17-6-13(27)7-19(22(17)24)23(25)26)29-21-9-28-30-20-5-3-14(8-18(20)21)31-10-16-4-2-15(31)11-32-16/h3,5-9,12,15-16,23H,2,4,10-11,27H2,1H3,(H,29,30)/t12-,15?,16?/m1/s1. The van der Waals surface area contributed by atoms with E-state index in [4.69, 9.17) is 10.5 Å². The molecule has 6 nitrogen and oxygen atoms in total. The molecule has 2 bridgehead atoms. The Morgan fingerprint density at radius 3 is 2.69 bits per heavy atom. The summed E-state index contributed by atoms with van der Waals surface area (Å²) in [7, 11) is 0. The highest BCUT2D eigenvalue weighted by molar-refractivity contribution is 5.93. The lowest BCUT2D eigenvalue weighted by Gasteiger charge is -2.46. The van der Waals surface area contributed by atoms with Crippen molar-refractivity contribution in [3.05, 3.63) is 53.5 Å². The first kappa shape index (κ1) is 20.8. The Hall–Kier alpha value is -3.07. The molecule has 4 heterocycles. The summed E-state index contributed by atoms with van der Waals surface area (Å²) in [6.45, 7) is 3.27. The number of fused-ring (bicyclic) bond motifs is 4. The van der Waals surface area contributed by atoms with Gasteiger partial charge in [0.25, 0.3) is 6.43 Å². The van der Waals surface area contributed by atoms with Gasteiger partial charge in [-0.3, -0.25) is 0 Å². The van der Waals surface area contributed by atoms with E-state index in [9.17, 15) is 13.2 Å². The van der Waals surface area contributed by atoms with Crippen molar-refractivity contribution >= 4 is 28.0 Å². The number of hydrogen-bond donors (Lipinski definition) is 2. The molecule has 0 saturated carbocycles. The van der Waals surface area contributed by atoms with Crippen LogP contribution in [0.2, 0.25) is 0 Å². The Morgan fingerprint density at radius 2 is 2.00 bits per heavy atom. The smallest absolute Gasteiger partial charge is 0.266 e. The van der Waals surface area contributed by atoms with Crippen molar-refractivity contribution in [2.45, 2.75) is 44.4 Å². The first-order valence-corrected chi connectivity index (χ1v) is 10.7. The maximum atomic E-state index is 14.7. The van der Waals surface area contributed by atoms with Crippen LogP contribution in [0, 0.1) is 5.82 Å². The maximum Gasteiger partial charge on any atom is 0.266 e. The largest absolute Gasteiger partial charge is 0.399 e. The van der Waals surface area contributed by atoms with E-state index in [0.29, 0.717) is 17.2 Å². The van der Waals surface area contributed by atoms with E-state index >= 15 is 0 Å². The topological polar surface area (TPSA) is 76.3 Å². The first-order chi connectivity index (χ1) is 15.4. The number of anilines is 3. The van der Waals surface area contributed by atoms with Gasteiger partial charge in [-0.05, 0) is 50.1 Å². The number of hydrogen-bond acceptors (Lipinski definition) is 6. The minimum atomic E-state index is -2.95. The van der Waals surface area contributed by atoms with Gasteiger partial charge in [-0.25, -0.2) is 13.2 Å². The van der Waals surface area contributed by atoms with Crippen LogP contribution in [0.1, 0.15) is 43.4 Å². The van der Waals surface area contributed by atoms with E-state index in [0.717, 1.165) is 43.1 Å². The van der Waals surface area contributed by atoms with Crippen LogP contribution in [0.3, 0.4) is 0 Å². The summed E-state index contributed by atoms with van der Waals surface area (Å²) in [4.78, 5) is 2.36. The number of nitrogens with one attached hydrogen (secondary N) is 1. The lowest BCUT2D eigenvalue weighted by atomic mass is 9.96. The molecule has 32 heavy (non-hydrogen) atoms. The van der Waals surface area contributed by atoms with Gasteiger partial charge in [-0.2, -0.15) is 10.2 Å². The van der Waals surface area contributed by atoms with Crippen LogP contribution >= 0.6 is 0 Å². The van der Waals surface area contributed by atoms with Crippen LogP contribution in [0.25, 0.3) is 10.9 Å². The van der Waals surface area contributed by atoms with Gasteiger partial charge in [-0.1, -0.05) is 0 Å². The Bertz CT molecular complexity index is 1150. The number of halogens is 3. The molecule has 168 valence electrons. The maximum absolute atomic E-state index is 14.7. The fourth-order valence-corrected chi connectivity index (χ4v) is 4.68. The summed E-state index contributed by atoms with van der Waals surface area (Å²) >= 11 is 0. The molecule has 1 aromatic heterocycles. The van der Waals surface area contributed by atoms with Crippen molar-refractivity contribution in [1.29, 1.82) is 0 Å². The third kappa shape index (κ3) is 3.70. The van der Waals surface area contributed by atoms with E-state index in [-0.39, 0.29) is 17.4 Å². The van der Waals surface area contributed by atoms with Crippen molar-refractivity contribution in [2.24, 2.45) is 0 Å².